The fraction of sp³-hybridized carbons (Fsp3) is 0.195. The van der Waals surface area contributed by atoms with Gasteiger partial charge in [-0.05, 0) is 56.3 Å². The maximum absolute atomic E-state index is 4.97. The molecule has 0 saturated carbocycles. The van der Waals surface area contributed by atoms with Gasteiger partial charge in [0.2, 0.25) is 0 Å². The Bertz CT molecular complexity index is 1790. The second-order valence-electron chi connectivity index (χ2n) is 13.6. The Hall–Kier alpha value is -4.41. The average molecular weight is 653 g/mol. The minimum atomic E-state index is 0.128. The summed E-state index contributed by atoms with van der Waals surface area (Å²) in [5.41, 5.74) is 10.4. The van der Waals surface area contributed by atoms with E-state index in [4.69, 9.17) is 15.0 Å². The van der Waals surface area contributed by atoms with Gasteiger partial charge in [0.15, 0.2) is 17.5 Å². The first-order chi connectivity index (χ1) is 21.4. The van der Waals surface area contributed by atoms with E-state index < -0.39 is 0 Å². The molecule has 0 fully saturated rings. The normalized spacial score (nSPS) is 11.9. The third-order valence-electron chi connectivity index (χ3n) is 8.19. The first-order valence-electron chi connectivity index (χ1n) is 15.4. The molecule has 0 aliphatic rings. The standard InChI is InChI=1S/C41H38BrN3/c1-40(2,3)34-21-15-29(16-22-34)27-7-11-31(12-8-27)37-43-38(45-39(44-37)33-19-25-36(42)26-20-33)32-13-9-28(10-14-32)30-17-23-35(24-18-30)41(4,5)6/h7-26H,1-6H3. The van der Waals surface area contributed by atoms with Gasteiger partial charge in [-0.3, -0.25) is 0 Å². The Balaban J connectivity index is 1.34. The molecule has 0 aliphatic heterocycles. The molecule has 0 amide bonds. The Morgan fingerprint density at radius 3 is 0.822 bits per heavy atom. The highest BCUT2D eigenvalue weighted by Gasteiger charge is 2.16. The van der Waals surface area contributed by atoms with Crippen LogP contribution in [0.3, 0.4) is 0 Å². The molecule has 45 heavy (non-hydrogen) atoms. The van der Waals surface area contributed by atoms with Crippen molar-refractivity contribution in [2.24, 2.45) is 0 Å². The number of benzene rings is 5. The summed E-state index contributed by atoms with van der Waals surface area (Å²) in [6.45, 7) is 13.4. The predicted molar refractivity (Wildman–Crippen MR) is 192 cm³/mol. The highest BCUT2D eigenvalue weighted by atomic mass is 79.9. The van der Waals surface area contributed by atoms with E-state index >= 15 is 0 Å². The first kappa shape index (κ1) is 30.6. The van der Waals surface area contributed by atoms with E-state index in [0.717, 1.165) is 32.3 Å². The monoisotopic (exact) mass is 651 g/mol. The van der Waals surface area contributed by atoms with E-state index in [2.05, 4.69) is 155 Å². The van der Waals surface area contributed by atoms with Crippen molar-refractivity contribution in [1.82, 2.24) is 15.0 Å². The zero-order valence-electron chi connectivity index (χ0n) is 26.8. The summed E-state index contributed by atoms with van der Waals surface area (Å²) in [7, 11) is 0. The molecular formula is C41H38BrN3. The highest BCUT2D eigenvalue weighted by molar-refractivity contribution is 9.10. The van der Waals surface area contributed by atoms with Gasteiger partial charge in [-0.15, -0.1) is 0 Å². The van der Waals surface area contributed by atoms with Gasteiger partial charge in [0, 0.05) is 21.2 Å². The molecule has 0 unspecified atom stereocenters. The Morgan fingerprint density at radius 1 is 0.333 bits per heavy atom. The summed E-state index contributed by atoms with van der Waals surface area (Å²) in [6, 6.07) is 42.7. The largest absolute Gasteiger partial charge is 0.208 e. The van der Waals surface area contributed by atoms with Crippen LogP contribution in [0, 0.1) is 0 Å². The quantitative estimate of drug-likeness (QED) is 0.186. The number of halogens is 1. The van der Waals surface area contributed by atoms with Gasteiger partial charge in [-0.1, -0.05) is 167 Å². The number of aromatic nitrogens is 3. The maximum atomic E-state index is 4.97. The van der Waals surface area contributed by atoms with Crippen LogP contribution in [0.2, 0.25) is 0 Å². The van der Waals surface area contributed by atoms with Crippen LogP contribution in [0.4, 0.5) is 0 Å². The molecule has 224 valence electrons. The highest BCUT2D eigenvalue weighted by Crippen LogP contribution is 2.31. The smallest absolute Gasteiger partial charge is 0.164 e. The lowest BCUT2D eigenvalue weighted by atomic mass is 9.86. The Labute approximate surface area is 275 Å². The lowest BCUT2D eigenvalue weighted by Gasteiger charge is -2.19. The number of hydrogen-bond donors (Lipinski definition) is 0. The molecule has 5 aromatic carbocycles. The van der Waals surface area contributed by atoms with E-state index in [9.17, 15) is 0 Å². The average Bonchev–Trinajstić information content (AvgIpc) is 3.04. The van der Waals surface area contributed by atoms with Crippen molar-refractivity contribution >= 4 is 15.9 Å². The van der Waals surface area contributed by atoms with E-state index in [-0.39, 0.29) is 10.8 Å². The summed E-state index contributed by atoms with van der Waals surface area (Å²) in [6.07, 6.45) is 0. The molecule has 0 N–H and O–H groups in total. The van der Waals surface area contributed by atoms with Crippen LogP contribution < -0.4 is 0 Å². The molecule has 6 rings (SSSR count). The van der Waals surface area contributed by atoms with Crippen LogP contribution in [0.25, 0.3) is 56.4 Å². The third kappa shape index (κ3) is 6.97. The van der Waals surface area contributed by atoms with Crippen molar-refractivity contribution in [1.29, 1.82) is 0 Å². The van der Waals surface area contributed by atoms with Crippen LogP contribution in [-0.2, 0) is 10.8 Å². The molecule has 0 radical (unpaired) electrons. The van der Waals surface area contributed by atoms with Gasteiger partial charge in [-0.25, -0.2) is 15.0 Å². The fourth-order valence-electron chi connectivity index (χ4n) is 5.31. The number of rotatable bonds is 5. The van der Waals surface area contributed by atoms with Gasteiger partial charge in [0.25, 0.3) is 0 Å². The summed E-state index contributed by atoms with van der Waals surface area (Å²) < 4.78 is 1.01. The van der Waals surface area contributed by atoms with Crippen LogP contribution in [0.1, 0.15) is 52.7 Å². The molecule has 3 nitrogen and oxygen atoms in total. The van der Waals surface area contributed by atoms with Crippen molar-refractivity contribution in [3.05, 3.63) is 137 Å². The molecule has 0 spiro atoms. The Morgan fingerprint density at radius 2 is 0.556 bits per heavy atom. The van der Waals surface area contributed by atoms with E-state index in [1.54, 1.807) is 0 Å². The number of hydrogen-bond acceptors (Lipinski definition) is 3. The molecule has 1 heterocycles. The fourth-order valence-corrected chi connectivity index (χ4v) is 5.58. The second-order valence-corrected chi connectivity index (χ2v) is 14.5. The topological polar surface area (TPSA) is 38.7 Å². The SMILES string of the molecule is CC(C)(C)c1ccc(-c2ccc(-c3nc(-c4ccc(Br)cc4)nc(-c4ccc(-c5ccc(C(C)(C)C)cc5)cc4)n3)cc2)cc1. The Kier molecular flexibility index (Phi) is 8.28. The zero-order valence-corrected chi connectivity index (χ0v) is 28.4. The predicted octanol–water partition coefficient (Wildman–Crippen LogP) is 11.6. The molecule has 6 aromatic rings. The summed E-state index contributed by atoms with van der Waals surface area (Å²) in [5.74, 6) is 1.94. The summed E-state index contributed by atoms with van der Waals surface area (Å²) in [5, 5.41) is 0. The molecule has 0 bridgehead atoms. The summed E-state index contributed by atoms with van der Waals surface area (Å²) in [4.78, 5) is 14.8. The third-order valence-corrected chi connectivity index (χ3v) is 8.72. The molecular weight excluding hydrogens is 614 g/mol. The van der Waals surface area contributed by atoms with Crippen LogP contribution in [0.15, 0.2) is 126 Å². The van der Waals surface area contributed by atoms with E-state index in [1.165, 1.54) is 22.3 Å². The lowest BCUT2D eigenvalue weighted by molar-refractivity contribution is 0.590. The minimum absolute atomic E-state index is 0.128. The van der Waals surface area contributed by atoms with Crippen molar-refractivity contribution in [3.63, 3.8) is 0 Å². The zero-order chi connectivity index (χ0) is 31.8. The molecule has 0 saturated heterocycles. The van der Waals surface area contributed by atoms with Gasteiger partial charge in [0.05, 0.1) is 0 Å². The second kappa shape index (κ2) is 12.2. The van der Waals surface area contributed by atoms with Gasteiger partial charge in [-0.2, -0.15) is 0 Å². The molecule has 0 atom stereocenters. The molecule has 0 aliphatic carbocycles. The van der Waals surface area contributed by atoms with Crippen LogP contribution in [-0.4, -0.2) is 15.0 Å². The van der Waals surface area contributed by atoms with Crippen molar-refractivity contribution in [2.75, 3.05) is 0 Å². The van der Waals surface area contributed by atoms with Gasteiger partial charge >= 0.3 is 0 Å². The lowest BCUT2D eigenvalue weighted by Crippen LogP contribution is -2.10. The van der Waals surface area contributed by atoms with E-state index in [0.29, 0.717) is 17.5 Å². The van der Waals surface area contributed by atoms with Crippen LogP contribution in [0.5, 0.6) is 0 Å². The molecule has 4 heteroatoms. The number of nitrogens with zero attached hydrogens (tertiary/aromatic N) is 3. The van der Waals surface area contributed by atoms with E-state index in [1.807, 2.05) is 24.3 Å². The van der Waals surface area contributed by atoms with Crippen LogP contribution >= 0.6 is 15.9 Å². The summed E-state index contributed by atoms with van der Waals surface area (Å²) >= 11 is 3.55. The maximum Gasteiger partial charge on any atom is 0.164 e. The van der Waals surface area contributed by atoms with Crippen molar-refractivity contribution < 1.29 is 0 Å². The van der Waals surface area contributed by atoms with Gasteiger partial charge < -0.3 is 0 Å². The molecule has 1 aromatic heterocycles. The van der Waals surface area contributed by atoms with Gasteiger partial charge in [0.1, 0.15) is 0 Å². The first-order valence-corrected chi connectivity index (χ1v) is 16.2. The minimum Gasteiger partial charge on any atom is -0.208 e. The van der Waals surface area contributed by atoms with Crippen molar-refractivity contribution in [3.8, 4) is 56.4 Å². The van der Waals surface area contributed by atoms with Crippen molar-refractivity contribution in [2.45, 2.75) is 52.4 Å².